The summed E-state index contributed by atoms with van der Waals surface area (Å²) in [5.74, 6) is -2.94. The van der Waals surface area contributed by atoms with Gasteiger partial charge in [0.2, 0.25) is 0 Å². The third kappa shape index (κ3) is 3.28. The van der Waals surface area contributed by atoms with Crippen LogP contribution in [0.2, 0.25) is 0 Å². The number of fused-ring (bicyclic) bond motifs is 2. The van der Waals surface area contributed by atoms with E-state index in [-0.39, 0.29) is 24.4 Å². The number of hydrogen-bond donors (Lipinski definition) is 0. The number of benzene rings is 2. The van der Waals surface area contributed by atoms with Gasteiger partial charge < -0.3 is 9.47 Å². The van der Waals surface area contributed by atoms with E-state index in [0.717, 1.165) is 17.7 Å². The Morgan fingerprint density at radius 3 is 2.61 bits per heavy atom. The minimum atomic E-state index is -4.54. The molecular weight excluding hydrogens is 373 g/mol. The van der Waals surface area contributed by atoms with Crippen LogP contribution < -0.4 is 0 Å². The van der Waals surface area contributed by atoms with Crippen molar-refractivity contribution < 1.29 is 32.2 Å². The fraction of sp³-hybridized carbons (Fsp3) is 0.238. The summed E-state index contributed by atoms with van der Waals surface area (Å²) in [7, 11) is 0. The van der Waals surface area contributed by atoms with Crippen molar-refractivity contribution in [2.45, 2.75) is 18.7 Å². The average molecular weight is 388 g/mol. The number of carbonyl (C=O) groups excluding carboxylic acids is 2. The van der Waals surface area contributed by atoms with E-state index in [9.17, 15) is 22.8 Å². The molecule has 2 aromatic rings. The summed E-state index contributed by atoms with van der Waals surface area (Å²) < 4.78 is 49.9. The predicted molar refractivity (Wildman–Crippen MR) is 92.8 cm³/mol. The highest BCUT2D eigenvalue weighted by atomic mass is 19.4. The first-order valence-corrected chi connectivity index (χ1v) is 8.65. The van der Waals surface area contributed by atoms with Crippen molar-refractivity contribution in [1.82, 2.24) is 0 Å². The van der Waals surface area contributed by atoms with Crippen LogP contribution in [-0.2, 0) is 31.8 Å². The van der Waals surface area contributed by atoms with Gasteiger partial charge in [-0.1, -0.05) is 36.4 Å². The first-order valence-electron chi connectivity index (χ1n) is 8.65. The van der Waals surface area contributed by atoms with E-state index in [1.165, 1.54) is 12.1 Å². The maximum atomic E-state index is 13.2. The van der Waals surface area contributed by atoms with Crippen molar-refractivity contribution in [2.24, 2.45) is 5.92 Å². The van der Waals surface area contributed by atoms with Crippen molar-refractivity contribution in [3.8, 4) is 0 Å². The third-order valence-electron chi connectivity index (χ3n) is 4.97. The Balaban J connectivity index is 1.69. The van der Waals surface area contributed by atoms with Gasteiger partial charge in [0, 0.05) is 11.5 Å². The Hall–Kier alpha value is -3.09. The van der Waals surface area contributed by atoms with Crippen LogP contribution in [0.5, 0.6) is 0 Å². The standard InChI is InChI=1S/C21H15F3O4/c22-21(23,24)14-7-6-13-8-16-17(11-28-19(16)25)18(15(13)9-14)20(26)27-10-12-4-2-1-3-5-12/h1-9,17-18H,10-11H2/t17-,18-/m0/s1. The summed E-state index contributed by atoms with van der Waals surface area (Å²) in [6, 6.07) is 12.1. The normalized spacial score (nSPS) is 20.7. The molecule has 2 aromatic carbocycles. The van der Waals surface area contributed by atoms with E-state index >= 15 is 0 Å². The Morgan fingerprint density at radius 2 is 1.89 bits per heavy atom. The monoisotopic (exact) mass is 388 g/mol. The Bertz CT molecular complexity index is 963. The van der Waals surface area contributed by atoms with E-state index in [4.69, 9.17) is 9.47 Å². The highest BCUT2D eigenvalue weighted by Crippen LogP contribution is 2.44. The highest BCUT2D eigenvalue weighted by molar-refractivity contribution is 6.00. The topological polar surface area (TPSA) is 52.6 Å². The van der Waals surface area contributed by atoms with Gasteiger partial charge in [-0.15, -0.1) is 0 Å². The lowest BCUT2D eigenvalue weighted by molar-refractivity contribution is -0.148. The molecule has 0 radical (unpaired) electrons. The number of esters is 2. The Morgan fingerprint density at radius 1 is 1.14 bits per heavy atom. The molecule has 0 bridgehead atoms. The molecule has 1 heterocycles. The van der Waals surface area contributed by atoms with Crippen molar-refractivity contribution in [3.63, 3.8) is 0 Å². The molecule has 0 unspecified atom stereocenters. The van der Waals surface area contributed by atoms with E-state index in [1.54, 1.807) is 24.3 Å². The third-order valence-corrected chi connectivity index (χ3v) is 4.97. The molecule has 0 N–H and O–H groups in total. The van der Waals surface area contributed by atoms with Gasteiger partial charge in [-0.05, 0) is 34.9 Å². The molecule has 2 atom stereocenters. The maximum absolute atomic E-state index is 13.2. The lowest BCUT2D eigenvalue weighted by atomic mass is 9.75. The fourth-order valence-corrected chi connectivity index (χ4v) is 3.58. The van der Waals surface area contributed by atoms with Gasteiger partial charge in [-0.3, -0.25) is 4.79 Å². The van der Waals surface area contributed by atoms with Gasteiger partial charge >= 0.3 is 18.1 Å². The molecule has 1 aliphatic heterocycles. The summed E-state index contributed by atoms with van der Waals surface area (Å²) in [4.78, 5) is 24.8. The van der Waals surface area contributed by atoms with Crippen molar-refractivity contribution in [1.29, 1.82) is 0 Å². The lowest BCUT2D eigenvalue weighted by Gasteiger charge is -2.27. The zero-order chi connectivity index (χ0) is 19.9. The van der Waals surface area contributed by atoms with Crippen LogP contribution >= 0.6 is 0 Å². The van der Waals surface area contributed by atoms with Gasteiger partial charge in [0.05, 0.1) is 18.1 Å². The Kier molecular flexibility index (Phi) is 4.45. The van der Waals surface area contributed by atoms with Crippen molar-refractivity contribution >= 4 is 18.0 Å². The van der Waals surface area contributed by atoms with Crippen LogP contribution in [0.3, 0.4) is 0 Å². The molecule has 0 amide bonds. The van der Waals surface area contributed by atoms with Crippen molar-refractivity contribution in [2.75, 3.05) is 6.61 Å². The average Bonchev–Trinajstić information content (AvgIpc) is 3.04. The van der Waals surface area contributed by atoms with Crippen molar-refractivity contribution in [3.05, 3.63) is 76.4 Å². The summed E-state index contributed by atoms with van der Waals surface area (Å²) in [6.45, 7) is -0.0729. The summed E-state index contributed by atoms with van der Waals surface area (Å²) in [5, 5.41) is 0. The lowest BCUT2D eigenvalue weighted by Crippen LogP contribution is -2.29. The number of ether oxygens (including phenoxy) is 2. The molecule has 144 valence electrons. The second kappa shape index (κ2) is 6.82. The predicted octanol–water partition coefficient (Wildman–Crippen LogP) is 4.10. The van der Waals surface area contributed by atoms with Crippen LogP contribution in [0.4, 0.5) is 13.2 Å². The molecule has 28 heavy (non-hydrogen) atoms. The number of carbonyl (C=O) groups is 2. The molecule has 1 saturated heterocycles. The molecule has 1 aliphatic carbocycles. The summed E-state index contributed by atoms with van der Waals surface area (Å²) in [5.41, 5.74) is 0.772. The van der Waals surface area contributed by atoms with E-state index in [2.05, 4.69) is 0 Å². The van der Waals surface area contributed by atoms with Gasteiger partial charge in [0.15, 0.2) is 0 Å². The largest absolute Gasteiger partial charge is 0.462 e. The Labute approximate surface area is 158 Å². The minimum Gasteiger partial charge on any atom is -0.462 e. The summed E-state index contributed by atoms with van der Waals surface area (Å²) >= 11 is 0. The number of halogens is 3. The van der Waals surface area contributed by atoms with Crippen LogP contribution in [0.1, 0.15) is 28.2 Å². The second-order valence-corrected chi connectivity index (χ2v) is 6.72. The van der Waals surface area contributed by atoms with E-state index < -0.39 is 35.5 Å². The maximum Gasteiger partial charge on any atom is 0.416 e. The first-order chi connectivity index (χ1) is 13.3. The number of hydrogen-bond acceptors (Lipinski definition) is 4. The fourth-order valence-electron chi connectivity index (χ4n) is 3.58. The molecule has 0 saturated carbocycles. The highest BCUT2D eigenvalue weighted by Gasteiger charge is 2.45. The van der Waals surface area contributed by atoms with Gasteiger partial charge in [-0.2, -0.15) is 13.2 Å². The van der Waals surface area contributed by atoms with Gasteiger partial charge in [0.1, 0.15) is 6.61 Å². The molecule has 1 fully saturated rings. The van der Waals surface area contributed by atoms with E-state index in [0.29, 0.717) is 5.56 Å². The molecule has 4 nitrogen and oxygen atoms in total. The quantitative estimate of drug-likeness (QED) is 0.743. The molecule has 0 spiro atoms. The van der Waals surface area contributed by atoms with Gasteiger partial charge in [-0.25, -0.2) is 4.79 Å². The summed E-state index contributed by atoms with van der Waals surface area (Å²) in [6.07, 6.45) is -3.05. The van der Waals surface area contributed by atoms with E-state index in [1.807, 2.05) is 6.07 Å². The SMILES string of the molecule is O=C1OC[C@H]2C1=Cc1ccc(C(F)(F)F)cc1[C@@H]2C(=O)OCc1ccccc1. The minimum absolute atomic E-state index is 0.00889. The van der Waals surface area contributed by atoms with Crippen LogP contribution in [-0.4, -0.2) is 18.5 Å². The van der Waals surface area contributed by atoms with Gasteiger partial charge in [0.25, 0.3) is 0 Å². The molecule has 4 rings (SSSR count). The molecule has 7 heteroatoms. The number of cyclic esters (lactones) is 1. The molecular formula is C21H15F3O4. The zero-order valence-corrected chi connectivity index (χ0v) is 14.5. The zero-order valence-electron chi connectivity index (χ0n) is 14.5. The first kappa shape index (κ1) is 18.3. The number of rotatable bonds is 3. The number of alkyl halides is 3. The molecule has 2 aliphatic rings. The van der Waals surface area contributed by atoms with Crippen LogP contribution in [0.15, 0.2) is 54.1 Å². The smallest absolute Gasteiger partial charge is 0.416 e. The van der Waals surface area contributed by atoms with Crippen LogP contribution in [0.25, 0.3) is 6.08 Å². The van der Waals surface area contributed by atoms with Crippen LogP contribution in [0, 0.1) is 5.92 Å². The molecule has 0 aromatic heterocycles. The second-order valence-electron chi connectivity index (χ2n) is 6.72.